The summed E-state index contributed by atoms with van der Waals surface area (Å²) in [6.45, 7) is 1.61. The average Bonchev–Trinajstić information content (AvgIpc) is 2.64. The number of Topliss-reactive ketones (excluding diaryl/α,β-unsaturated/α-hetero) is 1. The van der Waals surface area contributed by atoms with Crippen LogP contribution in [0.3, 0.4) is 0 Å². The van der Waals surface area contributed by atoms with E-state index in [4.69, 9.17) is 0 Å². The first-order valence-corrected chi connectivity index (χ1v) is 8.54. The van der Waals surface area contributed by atoms with Gasteiger partial charge in [-0.2, -0.15) is 0 Å². The molecule has 0 bridgehead atoms. The van der Waals surface area contributed by atoms with E-state index < -0.39 is 0 Å². The Balaban J connectivity index is 1.88. The van der Waals surface area contributed by atoms with Crippen molar-refractivity contribution < 1.29 is 9.18 Å². The molecule has 0 saturated carbocycles. The van der Waals surface area contributed by atoms with Crippen molar-refractivity contribution in [3.8, 4) is 11.1 Å². The van der Waals surface area contributed by atoms with Crippen molar-refractivity contribution in [2.75, 3.05) is 0 Å². The number of hydrogen-bond donors (Lipinski definition) is 0. The minimum atomic E-state index is -0.264. The Bertz CT molecular complexity index is 840. The molecule has 0 aliphatic carbocycles. The van der Waals surface area contributed by atoms with Crippen molar-refractivity contribution in [2.24, 2.45) is 0 Å². The average molecular weight is 332 g/mol. The Hall–Kier alpha value is -2.74. The van der Waals surface area contributed by atoms with Crippen LogP contribution in [0, 0.1) is 5.82 Å². The van der Waals surface area contributed by atoms with Gasteiger partial charge in [-0.3, -0.25) is 4.79 Å². The van der Waals surface area contributed by atoms with Crippen LogP contribution in [0.5, 0.6) is 0 Å². The molecule has 3 rings (SSSR count). The quantitative estimate of drug-likeness (QED) is 0.557. The third kappa shape index (κ3) is 4.21. The zero-order valence-electron chi connectivity index (χ0n) is 14.3. The topological polar surface area (TPSA) is 17.1 Å². The Morgan fingerprint density at radius 2 is 1.56 bits per heavy atom. The van der Waals surface area contributed by atoms with E-state index >= 15 is 0 Å². The molecule has 25 heavy (non-hydrogen) atoms. The third-order valence-electron chi connectivity index (χ3n) is 4.53. The predicted molar refractivity (Wildman–Crippen MR) is 100 cm³/mol. The molecule has 1 nitrogen and oxygen atoms in total. The predicted octanol–water partition coefficient (Wildman–Crippen LogP) is 5.80. The van der Waals surface area contributed by atoms with Crippen LogP contribution < -0.4 is 0 Å². The second-order valence-electron chi connectivity index (χ2n) is 6.29. The van der Waals surface area contributed by atoms with Gasteiger partial charge < -0.3 is 0 Å². The Labute approximate surface area is 148 Å². The molecule has 0 fully saturated rings. The molecule has 0 radical (unpaired) electrons. The molecule has 2 heteroatoms. The van der Waals surface area contributed by atoms with Crippen LogP contribution >= 0.6 is 0 Å². The highest BCUT2D eigenvalue weighted by Crippen LogP contribution is 2.29. The SMILES string of the molecule is CC(=O)C(CCc1ccccc1)c1ccc(F)c(-c2ccccc2)c1. The fourth-order valence-electron chi connectivity index (χ4n) is 3.16. The molecule has 3 aromatic rings. The molecule has 0 aliphatic heterocycles. The first kappa shape index (κ1) is 17.1. The maximum Gasteiger partial charge on any atom is 0.137 e. The molecular formula is C23H21FO. The number of carbonyl (C=O) groups excluding carboxylic acids is 1. The molecule has 126 valence electrons. The normalized spacial score (nSPS) is 11.9. The Morgan fingerprint density at radius 1 is 0.920 bits per heavy atom. The van der Waals surface area contributed by atoms with E-state index in [-0.39, 0.29) is 17.5 Å². The number of benzene rings is 3. The van der Waals surface area contributed by atoms with E-state index in [1.165, 1.54) is 11.6 Å². The van der Waals surface area contributed by atoms with E-state index in [0.717, 1.165) is 24.0 Å². The van der Waals surface area contributed by atoms with Gasteiger partial charge in [-0.25, -0.2) is 4.39 Å². The monoisotopic (exact) mass is 332 g/mol. The van der Waals surface area contributed by atoms with Crippen LogP contribution in [-0.4, -0.2) is 5.78 Å². The molecule has 1 unspecified atom stereocenters. The molecule has 0 heterocycles. The minimum Gasteiger partial charge on any atom is -0.299 e. The van der Waals surface area contributed by atoms with E-state index in [9.17, 15) is 9.18 Å². The Morgan fingerprint density at radius 3 is 2.20 bits per heavy atom. The fourth-order valence-corrected chi connectivity index (χ4v) is 3.16. The van der Waals surface area contributed by atoms with Gasteiger partial charge in [0.05, 0.1) is 0 Å². The zero-order chi connectivity index (χ0) is 17.6. The van der Waals surface area contributed by atoms with Crippen molar-refractivity contribution >= 4 is 5.78 Å². The van der Waals surface area contributed by atoms with E-state index in [0.29, 0.717) is 5.56 Å². The van der Waals surface area contributed by atoms with Gasteiger partial charge in [-0.15, -0.1) is 0 Å². The highest BCUT2D eigenvalue weighted by molar-refractivity contribution is 5.84. The largest absolute Gasteiger partial charge is 0.299 e. The number of rotatable bonds is 6. The van der Waals surface area contributed by atoms with Gasteiger partial charge in [0.1, 0.15) is 11.6 Å². The number of hydrogen-bond acceptors (Lipinski definition) is 1. The maximum absolute atomic E-state index is 14.3. The maximum atomic E-state index is 14.3. The summed E-state index contributed by atoms with van der Waals surface area (Å²) < 4.78 is 14.3. The lowest BCUT2D eigenvalue weighted by atomic mass is 9.87. The first-order valence-electron chi connectivity index (χ1n) is 8.54. The van der Waals surface area contributed by atoms with Crippen LogP contribution in [0.2, 0.25) is 0 Å². The lowest BCUT2D eigenvalue weighted by Gasteiger charge is -2.16. The van der Waals surface area contributed by atoms with Gasteiger partial charge in [-0.05, 0) is 48.6 Å². The first-order chi connectivity index (χ1) is 12.1. The molecule has 0 aliphatic rings. The fraction of sp³-hybridized carbons (Fsp3) is 0.174. The Kier molecular flexibility index (Phi) is 5.39. The van der Waals surface area contributed by atoms with Crippen molar-refractivity contribution in [2.45, 2.75) is 25.7 Å². The smallest absolute Gasteiger partial charge is 0.137 e. The second kappa shape index (κ2) is 7.89. The molecule has 0 N–H and O–H groups in total. The van der Waals surface area contributed by atoms with E-state index in [1.807, 2.05) is 54.6 Å². The highest BCUT2D eigenvalue weighted by Gasteiger charge is 2.18. The summed E-state index contributed by atoms with van der Waals surface area (Å²) in [6, 6.07) is 24.6. The summed E-state index contributed by atoms with van der Waals surface area (Å²) in [6.07, 6.45) is 1.54. The molecule has 0 amide bonds. The summed E-state index contributed by atoms with van der Waals surface area (Å²) in [5.41, 5.74) is 3.46. The summed E-state index contributed by atoms with van der Waals surface area (Å²) in [7, 11) is 0. The standard InChI is InChI=1S/C23H21FO/c1-17(25)21(14-12-18-8-4-2-5-9-18)20-13-15-23(24)22(16-20)19-10-6-3-7-11-19/h2-11,13,15-16,21H,12,14H2,1H3. The molecule has 0 spiro atoms. The molecule has 1 atom stereocenters. The summed E-state index contributed by atoms with van der Waals surface area (Å²) in [5, 5.41) is 0. The van der Waals surface area contributed by atoms with E-state index in [2.05, 4.69) is 12.1 Å². The number of ketones is 1. The van der Waals surface area contributed by atoms with Crippen LogP contribution in [0.15, 0.2) is 78.9 Å². The molecule has 0 aromatic heterocycles. The third-order valence-corrected chi connectivity index (χ3v) is 4.53. The lowest BCUT2D eigenvalue weighted by Crippen LogP contribution is -2.10. The van der Waals surface area contributed by atoms with Gasteiger partial charge in [-0.1, -0.05) is 66.7 Å². The van der Waals surface area contributed by atoms with Crippen LogP contribution in [0.4, 0.5) is 4.39 Å². The second-order valence-corrected chi connectivity index (χ2v) is 6.29. The summed E-state index contributed by atoms with van der Waals surface area (Å²) >= 11 is 0. The summed E-state index contributed by atoms with van der Waals surface area (Å²) in [4.78, 5) is 12.2. The van der Waals surface area contributed by atoms with Crippen molar-refractivity contribution in [3.05, 3.63) is 95.8 Å². The molecule has 3 aromatic carbocycles. The number of halogens is 1. The molecular weight excluding hydrogens is 311 g/mol. The van der Waals surface area contributed by atoms with Gasteiger partial charge >= 0.3 is 0 Å². The van der Waals surface area contributed by atoms with Crippen molar-refractivity contribution in [1.29, 1.82) is 0 Å². The number of carbonyl (C=O) groups is 1. The molecule has 0 saturated heterocycles. The van der Waals surface area contributed by atoms with Crippen LogP contribution in [-0.2, 0) is 11.2 Å². The van der Waals surface area contributed by atoms with Gasteiger partial charge in [0.2, 0.25) is 0 Å². The lowest BCUT2D eigenvalue weighted by molar-refractivity contribution is -0.118. The van der Waals surface area contributed by atoms with Crippen molar-refractivity contribution in [1.82, 2.24) is 0 Å². The zero-order valence-corrected chi connectivity index (χ0v) is 14.3. The van der Waals surface area contributed by atoms with Crippen LogP contribution in [0.1, 0.15) is 30.4 Å². The van der Waals surface area contributed by atoms with Crippen molar-refractivity contribution in [3.63, 3.8) is 0 Å². The van der Waals surface area contributed by atoms with E-state index in [1.54, 1.807) is 13.0 Å². The van der Waals surface area contributed by atoms with Gasteiger partial charge in [0.15, 0.2) is 0 Å². The van der Waals surface area contributed by atoms with Crippen LogP contribution in [0.25, 0.3) is 11.1 Å². The minimum absolute atomic E-state index is 0.113. The van der Waals surface area contributed by atoms with Gasteiger partial charge in [0.25, 0.3) is 0 Å². The van der Waals surface area contributed by atoms with Gasteiger partial charge in [0, 0.05) is 11.5 Å². The number of aryl methyl sites for hydroxylation is 1. The highest BCUT2D eigenvalue weighted by atomic mass is 19.1. The summed E-state index contributed by atoms with van der Waals surface area (Å²) in [5.74, 6) is -0.370.